The van der Waals surface area contributed by atoms with E-state index in [0.717, 1.165) is 26.5 Å². The van der Waals surface area contributed by atoms with Crippen LogP contribution in [-0.2, 0) is 11.8 Å². The first-order valence-electron chi connectivity index (χ1n) is 14.4. The number of pyridine rings is 2. The minimum absolute atomic E-state index is 0.0863. The lowest BCUT2D eigenvalue weighted by Gasteiger charge is -2.43. The third kappa shape index (κ3) is 5.26. The highest BCUT2D eigenvalue weighted by atomic mass is 19.1. The van der Waals surface area contributed by atoms with E-state index in [0.29, 0.717) is 11.4 Å². The molecule has 248 valence electrons. The van der Waals surface area contributed by atoms with E-state index in [2.05, 4.69) is 10.1 Å². The Bertz CT molecular complexity index is 2030. The number of piperazine rings is 1. The number of carboxylic acids is 1. The van der Waals surface area contributed by atoms with E-state index in [4.69, 9.17) is 4.74 Å². The lowest BCUT2D eigenvalue weighted by molar-refractivity contribution is -0.385. The van der Waals surface area contributed by atoms with Crippen LogP contribution in [0.15, 0.2) is 29.1 Å². The fraction of sp³-hybridized carbons (Fsp3) is 0.367. The molecule has 2 atom stereocenters. The zero-order valence-electron chi connectivity index (χ0n) is 26.2. The van der Waals surface area contributed by atoms with Crippen molar-refractivity contribution in [2.75, 3.05) is 25.1 Å². The minimum atomic E-state index is -1.71. The van der Waals surface area contributed by atoms with Crippen LogP contribution in [0.2, 0.25) is 0 Å². The van der Waals surface area contributed by atoms with Gasteiger partial charge in [-0.3, -0.25) is 24.2 Å². The van der Waals surface area contributed by atoms with Gasteiger partial charge in [-0.1, -0.05) is 19.9 Å². The number of amides is 1. The fourth-order valence-electron chi connectivity index (χ4n) is 5.99. The fourth-order valence-corrected chi connectivity index (χ4v) is 5.99. The molecule has 0 unspecified atom stereocenters. The van der Waals surface area contributed by atoms with Crippen molar-refractivity contribution in [2.24, 2.45) is 7.05 Å². The Labute approximate surface area is 265 Å². The summed E-state index contributed by atoms with van der Waals surface area (Å²) >= 11 is 0. The van der Waals surface area contributed by atoms with Crippen molar-refractivity contribution in [1.82, 2.24) is 24.2 Å². The number of benzene rings is 1. The molecule has 0 saturated carbocycles. The van der Waals surface area contributed by atoms with Crippen LogP contribution in [0.3, 0.4) is 0 Å². The molecule has 1 saturated heterocycles. The molecule has 15 nitrogen and oxygen atoms in total. The van der Waals surface area contributed by atoms with Crippen LogP contribution in [0.4, 0.5) is 25.0 Å². The number of fused-ring (bicyclic) bond motifs is 1. The molecule has 1 aliphatic heterocycles. The van der Waals surface area contributed by atoms with Crippen molar-refractivity contribution < 1.29 is 38.2 Å². The van der Waals surface area contributed by atoms with Crippen molar-refractivity contribution in [3.8, 4) is 22.7 Å². The van der Waals surface area contributed by atoms with Gasteiger partial charge in [-0.25, -0.2) is 23.4 Å². The van der Waals surface area contributed by atoms with Gasteiger partial charge in [0.15, 0.2) is 11.5 Å². The number of nitrogens with zero attached hydrogens (tertiary/aromatic N) is 7. The Morgan fingerprint density at radius 3 is 2.40 bits per heavy atom. The quantitative estimate of drug-likeness (QED) is 0.216. The summed E-state index contributed by atoms with van der Waals surface area (Å²) in [6.07, 6.45) is -1.41. The highest BCUT2D eigenvalue weighted by Crippen LogP contribution is 2.41. The monoisotopic (exact) mass is 655 g/mol. The number of hydrogen-bond acceptors (Lipinski definition) is 9. The number of rotatable bonds is 7. The van der Waals surface area contributed by atoms with Gasteiger partial charge in [-0.05, 0) is 38.0 Å². The molecule has 17 heteroatoms. The number of ether oxygens (including phenoxy) is 1. The Balaban J connectivity index is 2.01. The average Bonchev–Trinajstić information content (AvgIpc) is 3.29. The van der Waals surface area contributed by atoms with Crippen LogP contribution in [0.1, 0.15) is 38.1 Å². The van der Waals surface area contributed by atoms with Crippen molar-refractivity contribution in [3.63, 3.8) is 0 Å². The maximum atomic E-state index is 16.2. The number of hydrogen-bond donors (Lipinski definition) is 2. The van der Waals surface area contributed by atoms with E-state index in [-0.39, 0.29) is 34.0 Å². The van der Waals surface area contributed by atoms with Crippen LogP contribution in [0, 0.1) is 28.7 Å². The van der Waals surface area contributed by atoms with E-state index in [1.807, 2.05) is 0 Å². The molecule has 1 fully saturated rings. The van der Waals surface area contributed by atoms with Gasteiger partial charge >= 0.3 is 23.3 Å². The number of carboxylic acid groups (broad SMARTS) is 2. The summed E-state index contributed by atoms with van der Waals surface area (Å²) in [6, 6.07) is 2.00. The summed E-state index contributed by atoms with van der Waals surface area (Å²) in [4.78, 5) is 56.9. The molecule has 4 heterocycles. The van der Waals surface area contributed by atoms with Crippen LogP contribution >= 0.6 is 0 Å². The van der Waals surface area contributed by atoms with Gasteiger partial charge in [-0.15, -0.1) is 0 Å². The van der Waals surface area contributed by atoms with Gasteiger partial charge in [0.05, 0.1) is 46.6 Å². The molecule has 1 aliphatic rings. The third-order valence-electron chi connectivity index (χ3n) is 8.32. The summed E-state index contributed by atoms with van der Waals surface area (Å²) < 4.78 is 39.2. The smallest absolute Gasteiger partial charge is 0.407 e. The van der Waals surface area contributed by atoms with E-state index in [1.165, 1.54) is 30.8 Å². The first kappa shape index (κ1) is 32.8. The lowest BCUT2D eigenvalue weighted by Crippen LogP contribution is -2.61. The van der Waals surface area contributed by atoms with Crippen molar-refractivity contribution in [1.29, 1.82) is 0 Å². The van der Waals surface area contributed by atoms with Gasteiger partial charge in [0.1, 0.15) is 29.0 Å². The number of aliphatic carboxylic acids is 1. The van der Waals surface area contributed by atoms with Gasteiger partial charge in [0.2, 0.25) is 0 Å². The van der Waals surface area contributed by atoms with Crippen molar-refractivity contribution in [2.45, 2.75) is 45.7 Å². The second-order valence-corrected chi connectivity index (χ2v) is 11.5. The van der Waals surface area contributed by atoms with Gasteiger partial charge in [0.25, 0.3) is 0 Å². The summed E-state index contributed by atoms with van der Waals surface area (Å²) in [6.45, 7) is 5.62. The number of aryl methyl sites for hydroxylation is 1. The van der Waals surface area contributed by atoms with Crippen LogP contribution in [-0.4, -0.2) is 83.7 Å². The molecule has 5 rings (SSSR count). The van der Waals surface area contributed by atoms with Crippen LogP contribution < -0.4 is 15.2 Å². The maximum Gasteiger partial charge on any atom is 0.407 e. The minimum Gasteiger partial charge on any atom is -0.496 e. The first-order chi connectivity index (χ1) is 22.1. The van der Waals surface area contributed by atoms with Gasteiger partial charge < -0.3 is 24.7 Å². The normalized spacial score (nSPS) is 16.6. The Morgan fingerprint density at radius 1 is 1.15 bits per heavy atom. The van der Waals surface area contributed by atoms with E-state index in [1.54, 1.807) is 27.8 Å². The molecule has 1 amide bonds. The zero-order chi connectivity index (χ0) is 34.6. The standard InChI is InChI=1S/C30H31F2N7O8/c1-13(2)22-24(15(4)35(5)34-22)38-27-16(10-18(32)23(33-27)21-17(31)8-7-9-20(21)47-6)25(26(28(38)40)39(45)46)37-11-14(3)36(30(43)44)12-19(37)29(41)42/h7-10,13-14,19H,11-12H2,1-6H3,(H,41,42)(H,43,44)/t14-,19-/m1/s1. The molecule has 47 heavy (non-hydrogen) atoms. The van der Waals surface area contributed by atoms with E-state index >= 15 is 8.78 Å². The third-order valence-corrected chi connectivity index (χ3v) is 8.32. The summed E-state index contributed by atoms with van der Waals surface area (Å²) in [5.41, 5.74) is -3.35. The predicted octanol–water partition coefficient (Wildman–Crippen LogP) is 4.05. The number of halogens is 2. The van der Waals surface area contributed by atoms with Gasteiger partial charge in [0, 0.05) is 19.6 Å². The highest BCUT2D eigenvalue weighted by Gasteiger charge is 2.43. The molecule has 0 bridgehead atoms. The number of methoxy groups -OCH3 is 1. The SMILES string of the molecule is COc1cccc(F)c1-c1nc2c(cc1F)c(N1C[C@@H](C)N(C(=O)O)C[C@@H]1C(=O)O)c([N+](=O)[O-])c(=O)n2-c1c(C(C)C)nn(C)c1C. The molecule has 0 radical (unpaired) electrons. The zero-order valence-corrected chi connectivity index (χ0v) is 26.2. The van der Waals surface area contributed by atoms with Crippen molar-refractivity contribution >= 4 is 34.5 Å². The number of nitro groups is 1. The molecule has 2 N–H and O–H groups in total. The molecule has 4 aromatic rings. The van der Waals surface area contributed by atoms with Crippen molar-refractivity contribution in [3.05, 3.63) is 67.8 Å². The Morgan fingerprint density at radius 2 is 1.83 bits per heavy atom. The maximum absolute atomic E-state index is 16.2. The molecule has 0 spiro atoms. The predicted molar refractivity (Wildman–Crippen MR) is 164 cm³/mol. The number of aromatic nitrogens is 4. The number of carbonyl (C=O) groups is 2. The van der Waals surface area contributed by atoms with E-state index in [9.17, 15) is 34.7 Å². The molecule has 1 aromatic carbocycles. The number of anilines is 1. The topological polar surface area (TPSA) is 186 Å². The van der Waals surface area contributed by atoms with Gasteiger partial charge in [-0.2, -0.15) is 5.10 Å². The molecule has 0 aliphatic carbocycles. The molecular formula is C30H31F2N7O8. The lowest BCUT2D eigenvalue weighted by atomic mass is 10.0. The summed E-state index contributed by atoms with van der Waals surface area (Å²) in [5, 5.41) is 36.7. The Hall–Kier alpha value is -5.61. The average molecular weight is 656 g/mol. The highest BCUT2D eigenvalue weighted by molar-refractivity contribution is 5.99. The molecular weight excluding hydrogens is 624 g/mol. The van der Waals surface area contributed by atoms with E-state index < -0.39 is 76.4 Å². The van der Waals surface area contributed by atoms with Crippen LogP contribution in [0.25, 0.3) is 28.0 Å². The Kier molecular flexibility index (Phi) is 8.34. The second kappa shape index (κ2) is 12.0. The first-order valence-corrected chi connectivity index (χ1v) is 14.4. The summed E-state index contributed by atoms with van der Waals surface area (Å²) in [7, 11) is 2.84. The second-order valence-electron chi connectivity index (χ2n) is 11.5. The summed E-state index contributed by atoms with van der Waals surface area (Å²) in [5.74, 6) is -4.01. The molecule has 3 aromatic heterocycles. The largest absolute Gasteiger partial charge is 0.496 e. The van der Waals surface area contributed by atoms with Crippen LogP contribution in [0.5, 0.6) is 5.75 Å².